The Kier molecular flexibility index (Phi) is 3.55. The van der Waals surface area contributed by atoms with Gasteiger partial charge in [-0.15, -0.1) is 0 Å². The van der Waals surface area contributed by atoms with Gasteiger partial charge in [-0.25, -0.2) is 0 Å². The zero-order chi connectivity index (χ0) is 12.1. The Bertz CT molecular complexity index is 491. The Morgan fingerprint density at radius 1 is 1.00 bits per heavy atom. The fourth-order valence-electron chi connectivity index (χ4n) is 1.54. The van der Waals surface area contributed by atoms with Gasteiger partial charge in [-0.2, -0.15) is 0 Å². The fraction of sp³-hybridized carbons (Fsp3) is 0.133. The highest BCUT2D eigenvalue weighted by molar-refractivity contribution is 5.62. The molecule has 85 valence electrons. The minimum absolute atomic E-state index is 0.227. The molecule has 1 atom stereocenters. The summed E-state index contributed by atoms with van der Waals surface area (Å²) in [6.45, 7) is 1.81. The zero-order valence-electron chi connectivity index (χ0n) is 9.59. The highest BCUT2D eigenvalue weighted by atomic mass is 16.5. The summed E-state index contributed by atoms with van der Waals surface area (Å²) in [5.41, 5.74) is 0.911. The molecule has 0 aliphatic heterocycles. The average Bonchev–Trinajstić information content (AvgIpc) is 2.39. The maximum Gasteiger partial charge on any atom is 0.206 e. The van der Waals surface area contributed by atoms with Gasteiger partial charge in [0.15, 0.2) is 0 Å². The van der Waals surface area contributed by atoms with Crippen molar-refractivity contribution < 1.29 is 9.53 Å². The van der Waals surface area contributed by atoms with Gasteiger partial charge in [0.25, 0.3) is 0 Å². The molecule has 0 N–H and O–H groups in total. The minimum atomic E-state index is -0.227. The number of ether oxygens (including phenoxy) is 1. The van der Waals surface area contributed by atoms with Gasteiger partial charge in [0, 0.05) is 5.92 Å². The maximum absolute atomic E-state index is 10.6. The lowest BCUT2D eigenvalue weighted by Crippen LogP contribution is -1.94. The second-order valence-electron chi connectivity index (χ2n) is 3.83. The van der Waals surface area contributed by atoms with Crippen LogP contribution in [0.3, 0.4) is 0 Å². The van der Waals surface area contributed by atoms with Crippen molar-refractivity contribution >= 4 is 6.29 Å². The molecule has 2 aromatic carbocycles. The van der Waals surface area contributed by atoms with Crippen molar-refractivity contribution in [3.63, 3.8) is 0 Å². The van der Waals surface area contributed by atoms with Gasteiger partial charge in [0.05, 0.1) is 0 Å². The number of rotatable bonds is 4. The van der Waals surface area contributed by atoms with Crippen LogP contribution in [0.1, 0.15) is 18.4 Å². The summed E-state index contributed by atoms with van der Waals surface area (Å²) in [5, 5.41) is 0. The molecule has 0 heterocycles. The Morgan fingerprint density at radius 2 is 1.71 bits per heavy atom. The summed E-state index contributed by atoms with van der Waals surface area (Å²) in [5.74, 6) is 1.29. The topological polar surface area (TPSA) is 26.3 Å². The van der Waals surface area contributed by atoms with Gasteiger partial charge >= 0.3 is 0 Å². The molecule has 0 saturated heterocycles. The molecule has 2 heteroatoms. The van der Waals surface area contributed by atoms with E-state index in [2.05, 4.69) is 0 Å². The summed E-state index contributed by atoms with van der Waals surface area (Å²) in [7, 11) is 0. The van der Waals surface area contributed by atoms with E-state index >= 15 is 0 Å². The molecule has 0 saturated carbocycles. The Balaban J connectivity index is 2.19. The number of benzene rings is 2. The molecule has 0 aromatic heterocycles. The van der Waals surface area contributed by atoms with Gasteiger partial charge < -0.3 is 4.74 Å². The first-order valence-electron chi connectivity index (χ1n) is 5.50. The first-order chi connectivity index (χ1) is 8.29. The molecule has 2 nitrogen and oxygen atoms in total. The summed E-state index contributed by atoms with van der Waals surface area (Å²) >= 11 is 0. The van der Waals surface area contributed by atoms with Gasteiger partial charge in [-0.3, -0.25) is 4.79 Å². The molecule has 2 aromatic rings. The largest absolute Gasteiger partial charge is 0.457 e. The Morgan fingerprint density at radius 3 is 2.41 bits per heavy atom. The van der Waals surface area contributed by atoms with E-state index in [-0.39, 0.29) is 5.92 Å². The van der Waals surface area contributed by atoms with Gasteiger partial charge in [0.2, 0.25) is 6.29 Å². The van der Waals surface area contributed by atoms with Crippen molar-refractivity contribution in [3.05, 3.63) is 60.2 Å². The standard InChI is InChI=1S/C15H13O2/c1-12(11-16)13-6-5-9-15(10-13)17-14-7-3-2-4-8-14/h2-10,12H,1H3. The van der Waals surface area contributed by atoms with E-state index in [4.69, 9.17) is 4.74 Å². The van der Waals surface area contributed by atoms with Crippen molar-refractivity contribution in [2.45, 2.75) is 12.8 Å². The molecule has 1 unspecified atom stereocenters. The van der Waals surface area contributed by atoms with E-state index in [1.807, 2.05) is 67.8 Å². The summed E-state index contributed by atoms with van der Waals surface area (Å²) < 4.78 is 5.68. The van der Waals surface area contributed by atoms with E-state index in [1.165, 1.54) is 0 Å². The molecule has 2 rings (SSSR count). The van der Waals surface area contributed by atoms with Crippen molar-refractivity contribution in [3.8, 4) is 11.5 Å². The third-order valence-corrected chi connectivity index (χ3v) is 2.51. The second kappa shape index (κ2) is 5.30. The van der Waals surface area contributed by atoms with Gasteiger partial charge in [-0.1, -0.05) is 37.3 Å². The molecular weight excluding hydrogens is 212 g/mol. The van der Waals surface area contributed by atoms with E-state index < -0.39 is 0 Å². The molecule has 1 radical (unpaired) electrons. The highest BCUT2D eigenvalue weighted by Gasteiger charge is 2.06. The first-order valence-corrected chi connectivity index (χ1v) is 5.50. The summed E-state index contributed by atoms with van der Waals surface area (Å²) in [6, 6.07) is 17.1. The van der Waals surface area contributed by atoms with Crippen molar-refractivity contribution in [2.24, 2.45) is 0 Å². The normalized spacial score (nSPS) is 11.8. The van der Waals surface area contributed by atoms with Crippen molar-refractivity contribution in [1.29, 1.82) is 0 Å². The van der Waals surface area contributed by atoms with E-state index in [9.17, 15) is 4.79 Å². The monoisotopic (exact) mass is 225 g/mol. The summed E-state index contributed by atoms with van der Waals surface area (Å²) in [6.07, 6.45) is 1.97. The van der Waals surface area contributed by atoms with Crippen LogP contribution in [0.2, 0.25) is 0 Å². The van der Waals surface area contributed by atoms with Crippen LogP contribution in [0.4, 0.5) is 0 Å². The van der Waals surface area contributed by atoms with Crippen LogP contribution in [-0.4, -0.2) is 6.29 Å². The van der Waals surface area contributed by atoms with Crippen molar-refractivity contribution in [1.82, 2.24) is 0 Å². The average molecular weight is 225 g/mol. The Labute approximate surface area is 101 Å². The number of hydrogen-bond donors (Lipinski definition) is 0. The van der Waals surface area contributed by atoms with Crippen LogP contribution >= 0.6 is 0 Å². The molecule has 17 heavy (non-hydrogen) atoms. The van der Waals surface area contributed by atoms with E-state index in [0.717, 1.165) is 17.1 Å². The number of para-hydroxylation sites is 1. The molecule has 0 amide bonds. The van der Waals surface area contributed by atoms with Gasteiger partial charge in [-0.05, 0) is 29.8 Å². The SMILES string of the molecule is CC([C]=O)c1cccc(Oc2ccccc2)c1. The molecular formula is C15H13O2. The van der Waals surface area contributed by atoms with Crippen LogP contribution in [0.15, 0.2) is 54.6 Å². The molecule has 0 spiro atoms. The van der Waals surface area contributed by atoms with Crippen LogP contribution in [-0.2, 0) is 4.79 Å². The maximum atomic E-state index is 10.6. The Hall–Kier alpha value is -2.09. The lowest BCUT2D eigenvalue weighted by molar-refractivity contribution is 0.481. The lowest BCUT2D eigenvalue weighted by Gasteiger charge is -2.08. The zero-order valence-corrected chi connectivity index (χ0v) is 9.59. The van der Waals surface area contributed by atoms with Crippen LogP contribution < -0.4 is 4.74 Å². The fourth-order valence-corrected chi connectivity index (χ4v) is 1.54. The first kappa shape index (κ1) is 11.4. The van der Waals surface area contributed by atoms with E-state index in [0.29, 0.717) is 0 Å². The second-order valence-corrected chi connectivity index (χ2v) is 3.83. The predicted octanol–water partition coefficient (Wildman–Crippen LogP) is 3.69. The number of carbonyl (C=O) groups excluding carboxylic acids is 1. The lowest BCUT2D eigenvalue weighted by atomic mass is 10.0. The molecule has 0 bridgehead atoms. The van der Waals surface area contributed by atoms with E-state index in [1.54, 1.807) is 0 Å². The van der Waals surface area contributed by atoms with Crippen LogP contribution in [0, 0.1) is 0 Å². The van der Waals surface area contributed by atoms with Gasteiger partial charge in [0.1, 0.15) is 11.5 Å². The highest BCUT2D eigenvalue weighted by Crippen LogP contribution is 2.24. The quantitative estimate of drug-likeness (QED) is 0.793. The molecule has 0 fully saturated rings. The van der Waals surface area contributed by atoms with Crippen molar-refractivity contribution in [2.75, 3.05) is 0 Å². The predicted molar refractivity (Wildman–Crippen MR) is 67.1 cm³/mol. The minimum Gasteiger partial charge on any atom is -0.457 e. The molecule has 0 aliphatic rings. The molecule has 0 aliphatic carbocycles. The van der Waals surface area contributed by atoms with Crippen LogP contribution in [0.25, 0.3) is 0 Å². The number of hydrogen-bond acceptors (Lipinski definition) is 2. The third-order valence-electron chi connectivity index (χ3n) is 2.51. The van der Waals surface area contributed by atoms with Crippen LogP contribution in [0.5, 0.6) is 11.5 Å². The summed E-state index contributed by atoms with van der Waals surface area (Å²) in [4.78, 5) is 10.6. The third kappa shape index (κ3) is 2.94. The smallest absolute Gasteiger partial charge is 0.206 e.